The molecule has 0 saturated carbocycles. The maximum absolute atomic E-state index is 5.65. The summed E-state index contributed by atoms with van der Waals surface area (Å²) in [5.41, 5.74) is 1.37. The van der Waals surface area contributed by atoms with E-state index in [-0.39, 0.29) is 0 Å². The number of thiocarbonyl (C=S) groups is 1. The molecular weight excluding hydrogens is 266 g/mol. The van der Waals surface area contributed by atoms with Gasteiger partial charge in [0.25, 0.3) is 0 Å². The molecule has 3 nitrogen and oxygen atoms in total. The van der Waals surface area contributed by atoms with Crippen LogP contribution in [0.25, 0.3) is 0 Å². The summed E-state index contributed by atoms with van der Waals surface area (Å²) in [4.78, 5) is 2.40. The van der Waals surface area contributed by atoms with Crippen molar-refractivity contribution < 1.29 is 0 Å². The van der Waals surface area contributed by atoms with Gasteiger partial charge in [-0.05, 0) is 63.4 Å². The van der Waals surface area contributed by atoms with E-state index in [1.165, 1.54) is 25.0 Å². The standard InChI is InChI=1S/C16H27N3S/c1-12(2)17-16(20)19-11-9-13(3)7-8-15(19)14-6-5-10-18(14)4/h5-6,10,12-13,15H,7-9,11H2,1-4H3,(H,17,20)/t13-,15-/m0/s1. The highest BCUT2D eigenvalue weighted by molar-refractivity contribution is 7.80. The van der Waals surface area contributed by atoms with Gasteiger partial charge in [0.1, 0.15) is 0 Å². The van der Waals surface area contributed by atoms with E-state index in [1.54, 1.807) is 0 Å². The SMILES string of the molecule is CC(C)NC(=S)N1CC[C@@H](C)CC[C@H]1c1cccn1C. The van der Waals surface area contributed by atoms with Crippen LogP contribution in [0.2, 0.25) is 0 Å². The molecule has 0 spiro atoms. The minimum atomic E-state index is 0.386. The number of rotatable bonds is 2. The quantitative estimate of drug-likeness (QED) is 0.843. The van der Waals surface area contributed by atoms with E-state index >= 15 is 0 Å². The fraction of sp³-hybridized carbons (Fsp3) is 0.688. The van der Waals surface area contributed by atoms with E-state index in [4.69, 9.17) is 12.2 Å². The molecule has 112 valence electrons. The number of nitrogens with zero attached hydrogens (tertiary/aromatic N) is 2. The van der Waals surface area contributed by atoms with Crippen LogP contribution >= 0.6 is 12.2 Å². The zero-order valence-corrected chi connectivity index (χ0v) is 13.9. The summed E-state index contributed by atoms with van der Waals surface area (Å²) in [5, 5.41) is 4.32. The van der Waals surface area contributed by atoms with Crippen molar-refractivity contribution in [1.29, 1.82) is 0 Å². The van der Waals surface area contributed by atoms with Crippen molar-refractivity contribution in [2.24, 2.45) is 13.0 Å². The molecule has 2 rings (SSSR count). The van der Waals surface area contributed by atoms with Crippen LogP contribution in [0.1, 0.15) is 51.8 Å². The third-order valence-electron chi connectivity index (χ3n) is 4.17. The summed E-state index contributed by atoms with van der Waals surface area (Å²) in [6.07, 6.45) is 5.80. The van der Waals surface area contributed by atoms with Gasteiger partial charge in [-0.3, -0.25) is 0 Å². The van der Waals surface area contributed by atoms with Gasteiger partial charge in [0.05, 0.1) is 6.04 Å². The Bertz CT molecular complexity index is 452. The molecule has 1 N–H and O–H groups in total. The molecule has 0 bridgehead atoms. The number of likely N-dealkylation sites (tertiary alicyclic amines) is 1. The third kappa shape index (κ3) is 3.54. The summed E-state index contributed by atoms with van der Waals surface area (Å²) in [7, 11) is 2.13. The van der Waals surface area contributed by atoms with Crippen LogP contribution in [0.3, 0.4) is 0 Å². The fourth-order valence-corrected chi connectivity index (χ4v) is 3.41. The Kier molecular flexibility index (Phi) is 5.08. The summed E-state index contributed by atoms with van der Waals surface area (Å²) in [6, 6.07) is 5.14. The molecule has 4 heteroatoms. The highest BCUT2D eigenvalue weighted by atomic mass is 32.1. The molecule has 0 aromatic carbocycles. The zero-order chi connectivity index (χ0) is 14.7. The Morgan fingerprint density at radius 1 is 1.35 bits per heavy atom. The average Bonchev–Trinajstić information content (AvgIpc) is 2.68. The van der Waals surface area contributed by atoms with Crippen LogP contribution in [0.5, 0.6) is 0 Å². The second kappa shape index (κ2) is 6.61. The van der Waals surface area contributed by atoms with Crippen molar-refractivity contribution in [2.45, 2.75) is 52.1 Å². The first-order chi connectivity index (χ1) is 9.49. The van der Waals surface area contributed by atoms with Crippen molar-refractivity contribution >= 4 is 17.3 Å². The number of nitrogens with one attached hydrogen (secondary N) is 1. The summed E-state index contributed by atoms with van der Waals surface area (Å²) < 4.78 is 2.23. The van der Waals surface area contributed by atoms with Crippen LogP contribution in [-0.2, 0) is 7.05 Å². The van der Waals surface area contributed by atoms with Gasteiger partial charge in [-0.25, -0.2) is 0 Å². The highest BCUT2D eigenvalue weighted by Crippen LogP contribution is 2.32. The maximum Gasteiger partial charge on any atom is 0.169 e. The molecule has 1 aromatic rings. The minimum Gasteiger partial charge on any atom is -0.360 e. The van der Waals surface area contributed by atoms with Gasteiger partial charge in [0.2, 0.25) is 0 Å². The van der Waals surface area contributed by atoms with E-state index in [0.29, 0.717) is 12.1 Å². The summed E-state index contributed by atoms with van der Waals surface area (Å²) >= 11 is 5.65. The van der Waals surface area contributed by atoms with Crippen molar-refractivity contribution in [1.82, 2.24) is 14.8 Å². The molecule has 1 saturated heterocycles. The van der Waals surface area contributed by atoms with E-state index < -0.39 is 0 Å². The van der Waals surface area contributed by atoms with Crippen LogP contribution in [0, 0.1) is 5.92 Å². The van der Waals surface area contributed by atoms with Gasteiger partial charge < -0.3 is 14.8 Å². The molecule has 2 heterocycles. The third-order valence-corrected chi connectivity index (χ3v) is 4.52. The van der Waals surface area contributed by atoms with Crippen LogP contribution in [0.15, 0.2) is 18.3 Å². The Balaban J connectivity index is 2.23. The molecule has 0 radical (unpaired) electrons. The Morgan fingerprint density at radius 3 is 2.70 bits per heavy atom. The van der Waals surface area contributed by atoms with E-state index in [0.717, 1.165) is 17.6 Å². The topological polar surface area (TPSA) is 20.2 Å². The van der Waals surface area contributed by atoms with Gasteiger partial charge in [0.15, 0.2) is 5.11 Å². The lowest BCUT2D eigenvalue weighted by Crippen LogP contribution is -2.44. The average molecular weight is 293 g/mol. The molecule has 1 aliphatic rings. The fourth-order valence-electron chi connectivity index (χ4n) is 2.96. The molecule has 20 heavy (non-hydrogen) atoms. The van der Waals surface area contributed by atoms with Crippen LogP contribution in [0.4, 0.5) is 0 Å². The predicted octanol–water partition coefficient (Wildman–Crippen LogP) is 3.47. The normalized spacial score (nSPS) is 23.8. The van der Waals surface area contributed by atoms with Crippen molar-refractivity contribution in [3.63, 3.8) is 0 Å². The Hall–Kier alpha value is -1.03. The molecular formula is C16H27N3S. The van der Waals surface area contributed by atoms with Gasteiger partial charge in [-0.1, -0.05) is 6.92 Å². The number of hydrogen-bond donors (Lipinski definition) is 1. The molecule has 0 aliphatic carbocycles. The predicted molar refractivity (Wildman–Crippen MR) is 88.7 cm³/mol. The lowest BCUT2D eigenvalue weighted by Gasteiger charge is -2.33. The molecule has 1 aromatic heterocycles. The first-order valence-corrected chi connectivity index (χ1v) is 8.08. The van der Waals surface area contributed by atoms with Crippen molar-refractivity contribution in [3.05, 3.63) is 24.0 Å². The van der Waals surface area contributed by atoms with Crippen LogP contribution < -0.4 is 5.32 Å². The second-order valence-electron chi connectivity index (χ2n) is 6.33. The summed E-state index contributed by atoms with van der Waals surface area (Å²) in [6.45, 7) is 7.69. The van der Waals surface area contributed by atoms with E-state index in [9.17, 15) is 0 Å². The molecule has 1 aliphatic heterocycles. The molecule has 2 atom stereocenters. The van der Waals surface area contributed by atoms with Gasteiger partial charge in [-0.15, -0.1) is 0 Å². The number of aryl methyl sites for hydroxylation is 1. The molecule has 0 unspecified atom stereocenters. The first kappa shape index (κ1) is 15.4. The highest BCUT2D eigenvalue weighted by Gasteiger charge is 2.28. The second-order valence-corrected chi connectivity index (χ2v) is 6.72. The Morgan fingerprint density at radius 2 is 2.10 bits per heavy atom. The van der Waals surface area contributed by atoms with E-state index in [2.05, 4.69) is 60.9 Å². The lowest BCUT2D eigenvalue weighted by molar-refractivity contribution is 0.304. The maximum atomic E-state index is 5.65. The molecule has 1 fully saturated rings. The Labute approximate surface area is 128 Å². The van der Waals surface area contributed by atoms with Gasteiger partial charge in [-0.2, -0.15) is 0 Å². The van der Waals surface area contributed by atoms with Crippen molar-refractivity contribution in [2.75, 3.05) is 6.54 Å². The van der Waals surface area contributed by atoms with E-state index in [1.807, 2.05) is 0 Å². The van der Waals surface area contributed by atoms with Crippen molar-refractivity contribution in [3.8, 4) is 0 Å². The number of aromatic nitrogens is 1. The largest absolute Gasteiger partial charge is 0.360 e. The molecule has 0 amide bonds. The smallest absolute Gasteiger partial charge is 0.169 e. The monoisotopic (exact) mass is 293 g/mol. The van der Waals surface area contributed by atoms with Gasteiger partial charge in [0, 0.05) is 31.5 Å². The zero-order valence-electron chi connectivity index (χ0n) is 13.1. The van der Waals surface area contributed by atoms with Gasteiger partial charge >= 0.3 is 0 Å². The summed E-state index contributed by atoms with van der Waals surface area (Å²) in [5.74, 6) is 0.782. The minimum absolute atomic E-state index is 0.386. The lowest BCUT2D eigenvalue weighted by atomic mass is 10.0. The van der Waals surface area contributed by atoms with Crippen LogP contribution in [-0.4, -0.2) is 27.2 Å². The first-order valence-electron chi connectivity index (χ1n) is 7.67. The number of hydrogen-bond acceptors (Lipinski definition) is 1.